The second-order valence-corrected chi connectivity index (χ2v) is 4.24. The monoisotopic (exact) mass is 271 g/mol. The fourth-order valence-corrected chi connectivity index (χ4v) is 1.52. The molecule has 0 aromatic carbocycles. The van der Waals surface area contributed by atoms with E-state index < -0.39 is 18.1 Å². The van der Waals surface area contributed by atoms with Gasteiger partial charge in [-0.1, -0.05) is 18.5 Å². The van der Waals surface area contributed by atoms with Crippen LogP contribution in [0.2, 0.25) is 0 Å². The lowest BCUT2D eigenvalue weighted by molar-refractivity contribution is -0.138. The largest absolute Gasteiger partial charge is 0.480 e. The fourth-order valence-electron chi connectivity index (χ4n) is 1.52. The van der Waals surface area contributed by atoms with E-state index in [0.717, 1.165) is 6.42 Å². The van der Waals surface area contributed by atoms with Gasteiger partial charge in [-0.25, -0.2) is 0 Å². The van der Waals surface area contributed by atoms with Crippen molar-refractivity contribution in [1.29, 1.82) is 0 Å². The van der Waals surface area contributed by atoms with Crippen LogP contribution in [-0.2, 0) is 9.59 Å². The highest BCUT2D eigenvalue weighted by atomic mass is 16.4. The molecule has 0 aromatic rings. The molecule has 0 heterocycles. The second-order valence-electron chi connectivity index (χ2n) is 4.24. The number of carbonyl (C=O) groups excluding carboxylic acids is 1. The number of nitrogens with two attached hydrogens (primary N) is 1. The molecule has 0 bridgehead atoms. The van der Waals surface area contributed by atoms with Crippen LogP contribution in [0.15, 0.2) is 5.11 Å². The molecule has 8 nitrogen and oxygen atoms in total. The standard InChI is InChI=1S/C11H21N5O3/c1-2-5-9(15-16-13)10(17)14-7-4-3-6-8(12)11(18)19/h8-9H,2-7,12H2,1H3,(H,14,17)(H,18,19)/t8-,9?/m0/s1. The first-order chi connectivity index (χ1) is 9.02. The summed E-state index contributed by atoms with van der Waals surface area (Å²) in [5.41, 5.74) is 13.7. The Labute approximate surface area is 112 Å². The molecule has 0 aromatic heterocycles. The Balaban J connectivity index is 3.84. The van der Waals surface area contributed by atoms with Crippen molar-refractivity contribution in [3.8, 4) is 0 Å². The van der Waals surface area contributed by atoms with E-state index in [2.05, 4.69) is 15.3 Å². The van der Waals surface area contributed by atoms with Gasteiger partial charge in [0.05, 0.1) is 0 Å². The topological polar surface area (TPSA) is 141 Å². The second kappa shape index (κ2) is 10.2. The molecule has 1 unspecified atom stereocenters. The van der Waals surface area contributed by atoms with Gasteiger partial charge >= 0.3 is 5.97 Å². The number of azide groups is 1. The molecule has 0 fully saturated rings. The number of hydrogen-bond donors (Lipinski definition) is 3. The summed E-state index contributed by atoms with van der Waals surface area (Å²) < 4.78 is 0. The molecule has 8 heteroatoms. The first-order valence-electron chi connectivity index (χ1n) is 6.33. The van der Waals surface area contributed by atoms with Crippen molar-refractivity contribution in [3.63, 3.8) is 0 Å². The van der Waals surface area contributed by atoms with Gasteiger partial charge in [-0.05, 0) is 31.2 Å². The minimum absolute atomic E-state index is 0.290. The molecular formula is C11H21N5O3. The third-order valence-corrected chi connectivity index (χ3v) is 2.61. The third-order valence-electron chi connectivity index (χ3n) is 2.61. The van der Waals surface area contributed by atoms with Crippen LogP contribution in [0.1, 0.15) is 39.0 Å². The summed E-state index contributed by atoms with van der Waals surface area (Å²) in [6.07, 6.45) is 2.90. The summed E-state index contributed by atoms with van der Waals surface area (Å²) in [6, 6.07) is -1.52. The average Bonchev–Trinajstić information content (AvgIpc) is 2.37. The van der Waals surface area contributed by atoms with Crippen LogP contribution in [-0.4, -0.2) is 35.6 Å². The van der Waals surface area contributed by atoms with E-state index in [0.29, 0.717) is 32.2 Å². The highest BCUT2D eigenvalue weighted by molar-refractivity contribution is 5.81. The highest BCUT2D eigenvalue weighted by Crippen LogP contribution is 2.03. The van der Waals surface area contributed by atoms with Gasteiger partial charge in [-0.15, -0.1) is 0 Å². The summed E-state index contributed by atoms with van der Waals surface area (Å²) in [5, 5.41) is 14.7. The Hall–Kier alpha value is -1.79. The van der Waals surface area contributed by atoms with Crippen molar-refractivity contribution in [2.45, 2.75) is 51.1 Å². The molecule has 2 atom stereocenters. The maximum absolute atomic E-state index is 11.6. The zero-order valence-corrected chi connectivity index (χ0v) is 11.1. The Bertz CT molecular complexity index is 341. The van der Waals surface area contributed by atoms with Crippen molar-refractivity contribution >= 4 is 11.9 Å². The van der Waals surface area contributed by atoms with Gasteiger partial charge in [0.1, 0.15) is 12.1 Å². The van der Waals surface area contributed by atoms with Crippen LogP contribution in [0.4, 0.5) is 0 Å². The molecule has 0 aliphatic heterocycles. The van der Waals surface area contributed by atoms with E-state index in [4.69, 9.17) is 16.4 Å². The molecule has 4 N–H and O–H groups in total. The lowest BCUT2D eigenvalue weighted by Gasteiger charge is -2.11. The van der Waals surface area contributed by atoms with Gasteiger partial charge in [0.15, 0.2) is 0 Å². The lowest BCUT2D eigenvalue weighted by atomic mass is 10.1. The van der Waals surface area contributed by atoms with Gasteiger partial charge < -0.3 is 16.2 Å². The van der Waals surface area contributed by atoms with Crippen LogP contribution in [0.3, 0.4) is 0 Å². The van der Waals surface area contributed by atoms with Crippen LogP contribution < -0.4 is 11.1 Å². The smallest absolute Gasteiger partial charge is 0.320 e. The zero-order chi connectivity index (χ0) is 14.7. The molecule has 0 saturated carbocycles. The number of unbranched alkanes of at least 4 members (excludes halogenated alkanes) is 1. The predicted molar refractivity (Wildman–Crippen MR) is 70.3 cm³/mol. The number of nitrogens with one attached hydrogen (secondary N) is 1. The van der Waals surface area contributed by atoms with Crippen molar-refractivity contribution in [3.05, 3.63) is 10.4 Å². The molecule has 0 spiro atoms. The maximum atomic E-state index is 11.6. The summed E-state index contributed by atoms with van der Waals surface area (Å²) in [6.45, 7) is 2.33. The Morgan fingerprint density at radius 3 is 2.63 bits per heavy atom. The van der Waals surface area contributed by atoms with Crippen LogP contribution in [0, 0.1) is 0 Å². The zero-order valence-electron chi connectivity index (χ0n) is 11.1. The van der Waals surface area contributed by atoms with Gasteiger partial charge in [0, 0.05) is 11.5 Å². The molecular weight excluding hydrogens is 250 g/mol. The van der Waals surface area contributed by atoms with Crippen LogP contribution >= 0.6 is 0 Å². The highest BCUT2D eigenvalue weighted by Gasteiger charge is 2.15. The summed E-state index contributed by atoms with van der Waals surface area (Å²) >= 11 is 0. The van der Waals surface area contributed by atoms with Gasteiger partial charge in [-0.2, -0.15) is 0 Å². The van der Waals surface area contributed by atoms with E-state index in [9.17, 15) is 9.59 Å². The SMILES string of the molecule is CCCC(N=[N+]=[N-])C(=O)NCCCC[C@H](N)C(=O)O. The van der Waals surface area contributed by atoms with E-state index in [1.54, 1.807) is 0 Å². The number of carboxylic acid groups (broad SMARTS) is 1. The van der Waals surface area contributed by atoms with E-state index in [-0.39, 0.29) is 5.91 Å². The summed E-state index contributed by atoms with van der Waals surface area (Å²) in [7, 11) is 0. The molecule has 0 aliphatic carbocycles. The molecule has 19 heavy (non-hydrogen) atoms. The number of nitrogens with zero attached hydrogens (tertiary/aromatic N) is 3. The number of hydrogen-bond acceptors (Lipinski definition) is 4. The Kier molecular flexibility index (Phi) is 9.20. The van der Waals surface area contributed by atoms with Gasteiger partial charge in [0.25, 0.3) is 0 Å². The summed E-state index contributed by atoms with van der Waals surface area (Å²) in [5.74, 6) is -1.31. The fraction of sp³-hybridized carbons (Fsp3) is 0.818. The molecule has 0 aliphatic rings. The number of amides is 1. The lowest BCUT2D eigenvalue weighted by Crippen LogP contribution is -2.34. The quantitative estimate of drug-likeness (QED) is 0.237. The van der Waals surface area contributed by atoms with Crippen molar-refractivity contribution in [2.24, 2.45) is 10.8 Å². The molecule has 0 saturated heterocycles. The maximum Gasteiger partial charge on any atom is 0.320 e. The number of carboxylic acids is 1. The van der Waals surface area contributed by atoms with E-state index in [1.807, 2.05) is 6.92 Å². The van der Waals surface area contributed by atoms with E-state index >= 15 is 0 Å². The van der Waals surface area contributed by atoms with Crippen molar-refractivity contribution < 1.29 is 14.7 Å². The molecule has 0 radical (unpaired) electrons. The minimum Gasteiger partial charge on any atom is -0.480 e. The number of rotatable bonds is 10. The predicted octanol–water partition coefficient (Wildman–Crippen LogP) is 1.16. The van der Waals surface area contributed by atoms with Crippen molar-refractivity contribution in [2.75, 3.05) is 6.54 Å². The Morgan fingerprint density at radius 1 is 1.42 bits per heavy atom. The molecule has 0 rings (SSSR count). The number of aliphatic carboxylic acids is 1. The van der Waals surface area contributed by atoms with Gasteiger partial charge in [-0.3, -0.25) is 9.59 Å². The third kappa shape index (κ3) is 8.01. The van der Waals surface area contributed by atoms with Crippen LogP contribution in [0.25, 0.3) is 10.4 Å². The summed E-state index contributed by atoms with van der Waals surface area (Å²) in [4.78, 5) is 24.7. The Morgan fingerprint density at radius 2 is 2.11 bits per heavy atom. The first-order valence-corrected chi connectivity index (χ1v) is 6.33. The molecule has 108 valence electrons. The van der Waals surface area contributed by atoms with Gasteiger partial charge in [0.2, 0.25) is 5.91 Å². The average molecular weight is 271 g/mol. The number of carbonyl (C=O) groups is 2. The normalized spacial score (nSPS) is 13.2. The first kappa shape index (κ1) is 17.2. The van der Waals surface area contributed by atoms with E-state index in [1.165, 1.54) is 0 Å². The van der Waals surface area contributed by atoms with Crippen molar-refractivity contribution in [1.82, 2.24) is 5.32 Å². The van der Waals surface area contributed by atoms with Crippen LogP contribution in [0.5, 0.6) is 0 Å². The minimum atomic E-state index is -1.02. The molecule has 1 amide bonds.